The molecule has 437 valence electrons. The Hall–Kier alpha value is -7.14. The van der Waals surface area contributed by atoms with Gasteiger partial charge < -0.3 is 33.4 Å². The molecule has 4 heterocycles. The van der Waals surface area contributed by atoms with Crippen molar-refractivity contribution in [2.45, 2.75) is 60.2 Å². The summed E-state index contributed by atoms with van der Waals surface area (Å²) >= 11 is 12.1. The Kier molecular flexibility index (Phi) is 29.2. The molecule has 0 atom stereocenters. The molecule has 0 aliphatic heterocycles. The van der Waals surface area contributed by atoms with Gasteiger partial charge in [0.2, 0.25) is 0 Å². The van der Waals surface area contributed by atoms with Crippen LogP contribution in [0.1, 0.15) is 38.5 Å². The molecule has 6 rings (SSSR count). The van der Waals surface area contributed by atoms with Gasteiger partial charge in [-0.2, -0.15) is 26.3 Å². The molecule has 0 aliphatic carbocycles. The molecule has 11 radical (unpaired) electrons. The van der Waals surface area contributed by atoms with Crippen LogP contribution in [-0.2, 0) is 31.4 Å². The number of hydrogen-bond donors (Lipinski definition) is 1. The lowest BCUT2D eigenvalue weighted by Gasteiger charge is -2.17. The number of aromatic nitrogens is 6. The van der Waals surface area contributed by atoms with Gasteiger partial charge in [0.25, 0.3) is 22.9 Å². The largest absolute Gasteiger partial charge is 0.463 e. The molecule has 39 heteroatoms. The first-order valence-electron chi connectivity index (χ1n) is 24.0. The number of carbonyl (C=O) groups is 2. The van der Waals surface area contributed by atoms with E-state index in [2.05, 4.69) is 44.5 Å². The lowest BCUT2D eigenvalue weighted by Crippen LogP contribution is -2.55. The fourth-order valence-corrected chi connectivity index (χ4v) is 7.26. The zero-order chi connectivity index (χ0) is 63.4. The molecule has 1 N–H and O–H groups in total. The summed E-state index contributed by atoms with van der Waals surface area (Å²) < 4.78 is 143. The number of ether oxygens (including phenoxy) is 6. The lowest BCUT2D eigenvalue weighted by atomic mass is 8.64. The Bertz CT molecular complexity index is 3410. The number of aryl methyl sites for hydroxylation is 1. The van der Waals surface area contributed by atoms with Crippen LogP contribution >= 0.6 is 23.2 Å². The average molecular weight is 1240 g/mol. The highest BCUT2D eigenvalue weighted by atomic mass is 35.5. The summed E-state index contributed by atoms with van der Waals surface area (Å²) in [7, 11) is 28.0. The number of halogens is 10. The SMILES string of the molecule is C.CCOC(=O)COc1ncccc1Oc1cc(-n2c(=O)cc(C(F)(F)F)[nH]c2=O)c(F)cc1Cl.CCOC(=O)COc1ncccc1Oc1cc(-n2c(C)nc(C(F)(F)F)cc2=O)c(F)cc1Cl.CN=N[Si](C)(C)C.[B][B]B(B([B])[B])B([B])[B]. The van der Waals surface area contributed by atoms with E-state index >= 15 is 0 Å². The maximum atomic E-state index is 14.7. The van der Waals surface area contributed by atoms with Gasteiger partial charge in [0, 0.05) is 109 Å². The van der Waals surface area contributed by atoms with Crippen LogP contribution in [0.4, 0.5) is 35.1 Å². The van der Waals surface area contributed by atoms with Gasteiger partial charge in [0.15, 0.2) is 38.6 Å². The van der Waals surface area contributed by atoms with Gasteiger partial charge in [-0.05, 0) is 76.8 Å². The van der Waals surface area contributed by atoms with Crippen LogP contribution in [0, 0.1) is 18.6 Å². The number of nitrogens with one attached hydrogen (secondary N) is 1. The van der Waals surface area contributed by atoms with Crippen LogP contribution in [-0.4, -0.2) is 148 Å². The number of rotatable bonds is 18. The topological polar surface area (TPSA) is 230 Å². The minimum absolute atomic E-state index is 0. The monoisotopic (exact) mass is 1240 g/mol. The van der Waals surface area contributed by atoms with Gasteiger partial charge in [0.05, 0.1) is 34.6 Å². The molecular formula is C46H46B9Cl2F8N8O11Si. The quantitative estimate of drug-likeness (QED) is 0.0393. The Labute approximate surface area is 501 Å². The molecule has 6 aromatic rings. The zero-order valence-electron chi connectivity index (χ0n) is 45.4. The third-order valence-corrected chi connectivity index (χ3v) is 11.2. The van der Waals surface area contributed by atoms with Crippen LogP contribution in [0.15, 0.2) is 97.3 Å². The molecule has 4 aromatic heterocycles. The van der Waals surface area contributed by atoms with Crippen LogP contribution in [0.2, 0.25) is 29.7 Å². The Morgan fingerprint density at radius 1 is 0.718 bits per heavy atom. The molecule has 85 heavy (non-hydrogen) atoms. The van der Waals surface area contributed by atoms with Gasteiger partial charge in [-0.15, -0.1) is 0 Å². The molecule has 0 spiro atoms. The van der Waals surface area contributed by atoms with Crippen molar-refractivity contribution in [3.8, 4) is 46.1 Å². The standard InChI is InChI=1S/C21H16ClF4N3O5.C20H14ClF4N3O6.C4H12N2Si.CH4.B9/c1-3-32-19(31)10-33-20-15(5-4-6-27-20)34-16-8-14(13(23)7-12(16)22)29-11(2)28-17(9-18(29)30)21(24,25)26;1-2-32-17(30)9-33-18-13(4-3-5-26-18)34-14-7-12(11(22)6-10(14)21)28-16(29)8-15(20(23,24)25)27-19(28)31;1-5-6-7(2,3)4;;1-6-9(7(2)3)8(4)5/h4-9H,3,10H2,1-2H3;3-8H,2,9H2,1H3,(H,27,31);1-4H3;1H4;. The van der Waals surface area contributed by atoms with Gasteiger partial charge in [0.1, 0.15) is 34.7 Å². The van der Waals surface area contributed by atoms with Gasteiger partial charge in [-0.25, -0.2) is 52.6 Å². The number of esters is 2. The first kappa shape index (κ1) is 74.0. The minimum atomic E-state index is -5.00. The second-order valence-electron chi connectivity index (χ2n) is 17.4. The molecule has 2 aromatic carbocycles. The number of hydrogen-bond acceptors (Lipinski definition) is 16. The van der Waals surface area contributed by atoms with E-state index in [1.807, 2.05) is 0 Å². The van der Waals surface area contributed by atoms with E-state index in [4.69, 9.17) is 90.3 Å². The van der Waals surface area contributed by atoms with Gasteiger partial charge in [-0.3, -0.25) is 14.2 Å². The molecule has 0 aliphatic rings. The molecule has 0 amide bonds. The van der Waals surface area contributed by atoms with Gasteiger partial charge in [-0.1, -0.05) is 30.6 Å². The highest BCUT2D eigenvalue weighted by Crippen LogP contribution is 2.38. The Morgan fingerprint density at radius 3 is 1.48 bits per heavy atom. The number of pyridine rings is 2. The third-order valence-electron chi connectivity index (χ3n) is 9.79. The second-order valence-corrected chi connectivity index (χ2v) is 22.7. The number of carbonyl (C=O) groups excluding carboxylic acids is 2. The Morgan fingerprint density at radius 2 is 1.15 bits per heavy atom. The summed E-state index contributed by atoms with van der Waals surface area (Å²) in [5, 5.41) is 3.17. The normalized spacial score (nSPS) is 10.9. The van der Waals surface area contributed by atoms with Crippen molar-refractivity contribution in [3.05, 3.63) is 143 Å². The van der Waals surface area contributed by atoms with Crippen molar-refractivity contribution in [2.75, 3.05) is 33.5 Å². The van der Waals surface area contributed by atoms with E-state index in [1.165, 1.54) is 48.7 Å². The predicted molar refractivity (Wildman–Crippen MR) is 313 cm³/mol. The lowest BCUT2D eigenvalue weighted by molar-refractivity contribution is -0.146. The number of nitrogens with zero attached hydrogens (tertiary/aromatic N) is 7. The number of H-pyrrole nitrogens is 1. The zero-order valence-corrected chi connectivity index (χ0v) is 47.9. The summed E-state index contributed by atoms with van der Waals surface area (Å²) in [6, 6.07) is 9.45. The number of alkyl halides is 6. The highest BCUT2D eigenvalue weighted by molar-refractivity contribution is 7.93. The van der Waals surface area contributed by atoms with Crippen molar-refractivity contribution < 1.29 is 73.1 Å². The highest BCUT2D eigenvalue weighted by Gasteiger charge is 2.35. The molecule has 19 nitrogen and oxygen atoms in total. The van der Waals surface area contributed by atoms with Crippen LogP contribution < -0.4 is 35.8 Å². The summed E-state index contributed by atoms with van der Waals surface area (Å²) in [6.07, 6.45) is -8.62. The van der Waals surface area contributed by atoms with Crippen molar-refractivity contribution in [1.82, 2.24) is 29.1 Å². The fourth-order valence-electron chi connectivity index (χ4n) is 6.28. The predicted octanol–water partition coefficient (Wildman–Crippen LogP) is 7.06. The molecule has 0 fully saturated rings. The first-order valence-corrected chi connectivity index (χ1v) is 28.2. The maximum Gasteiger partial charge on any atom is 0.433 e. The number of aromatic amines is 1. The van der Waals surface area contributed by atoms with E-state index in [9.17, 15) is 59.1 Å². The fraction of sp³-hybridized carbons (Fsp3) is 0.304. The third kappa shape index (κ3) is 23.0. The van der Waals surface area contributed by atoms with Crippen molar-refractivity contribution in [2.24, 2.45) is 9.89 Å². The van der Waals surface area contributed by atoms with Crippen LogP contribution in [0.3, 0.4) is 0 Å². The molecule has 0 bridgehead atoms. The Balaban J connectivity index is 0.000000457. The summed E-state index contributed by atoms with van der Waals surface area (Å²) in [5.41, 5.74) is -8.31. The average Bonchev–Trinajstić information content (AvgIpc) is 2.68. The van der Waals surface area contributed by atoms with Crippen molar-refractivity contribution in [3.63, 3.8) is 0 Å². The molecule has 0 saturated heterocycles. The summed E-state index contributed by atoms with van der Waals surface area (Å²) in [5.74, 6) is -4.76. The van der Waals surface area contributed by atoms with Crippen molar-refractivity contribution >= 4 is 108 Å². The summed E-state index contributed by atoms with van der Waals surface area (Å²) in [6.45, 7) is 10.1. The first-order chi connectivity index (χ1) is 39.2. The van der Waals surface area contributed by atoms with Gasteiger partial charge >= 0.3 is 30.0 Å². The van der Waals surface area contributed by atoms with E-state index in [0.717, 1.165) is 25.1 Å². The van der Waals surface area contributed by atoms with E-state index in [0.29, 0.717) is 10.6 Å². The molecule has 0 unspecified atom stereocenters. The van der Waals surface area contributed by atoms with E-state index in [1.54, 1.807) is 20.9 Å². The minimum Gasteiger partial charge on any atom is -0.463 e. The second kappa shape index (κ2) is 33.5. The van der Waals surface area contributed by atoms with Crippen LogP contribution in [0.25, 0.3) is 11.4 Å². The summed E-state index contributed by atoms with van der Waals surface area (Å²) in [4.78, 5) is 72.5. The smallest absolute Gasteiger partial charge is 0.433 e. The number of benzene rings is 2. The van der Waals surface area contributed by atoms with E-state index in [-0.39, 0.29) is 88.5 Å². The molecule has 0 saturated carbocycles. The van der Waals surface area contributed by atoms with Crippen molar-refractivity contribution in [1.29, 1.82) is 0 Å². The van der Waals surface area contributed by atoms with Crippen LogP contribution in [0.5, 0.6) is 34.8 Å². The molecular weight excluding hydrogens is 1190 g/mol. The maximum absolute atomic E-state index is 14.7. The van der Waals surface area contributed by atoms with E-state index < -0.39 is 116 Å².